The molecule has 3 heterocycles. The highest BCUT2D eigenvalue weighted by molar-refractivity contribution is 7.13. The number of benzene rings is 4. The first-order chi connectivity index (χ1) is 32.8. The van der Waals surface area contributed by atoms with Crippen molar-refractivity contribution in [1.82, 2.24) is 30.3 Å². The Labute approximate surface area is 404 Å². The first-order valence-corrected chi connectivity index (χ1v) is 24.9. The Balaban J connectivity index is 0.741. The number of carbonyl (C=O) groups excluding carboxylic acids is 3. The number of phenolic OH excluding ortho intramolecular Hbond substituents is 1. The Hall–Kier alpha value is -5.64. The molecule has 3 aliphatic rings. The van der Waals surface area contributed by atoms with E-state index in [2.05, 4.69) is 86.1 Å². The maximum Gasteiger partial charge on any atom is 0.246 e. The van der Waals surface area contributed by atoms with Gasteiger partial charge in [-0.15, -0.1) is 11.3 Å². The van der Waals surface area contributed by atoms with Crippen molar-refractivity contribution in [2.75, 3.05) is 65.6 Å². The van der Waals surface area contributed by atoms with Crippen LogP contribution in [-0.4, -0.2) is 131 Å². The zero-order valence-corrected chi connectivity index (χ0v) is 40.6. The number of nitrogens with zero attached hydrogens (tertiary/aromatic N) is 4. The van der Waals surface area contributed by atoms with Gasteiger partial charge in [-0.2, -0.15) is 0 Å². The number of fused-ring (bicyclic) bond motifs is 1. The van der Waals surface area contributed by atoms with Crippen molar-refractivity contribution in [3.63, 3.8) is 0 Å². The summed E-state index contributed by atoms with van der Waals surface area (Å²) in [4.78, 5) is 52.3. The number of rotatable bonds is 17. The van der Waals surface area contributed by atoms with Crippen LogP contribution in [0.1, 0.15) is 79.0 Å². The van der Waals surface area contributed by atoms with E-state index in [0.29, 0.717) is 31.4 Å². The lowest BCUT2D eigenvalue weighted by atomic mass is 9.69. The second-order valence-electron chi connectivity index (χ2n) is 19.5. The summed E-state index contributed by atoms with van der Waals surface area (Å²) in [6.45, 7) is 13.7. The van der Waals surface area contributed by atoms with E-state index in [4.69, 9.17) is 9.47 Å². The number of aromatic nitrogens is 1. The molecule has 0 saturated carbocycles. The van der Waals surface area contributed by atoms with Crippen LogP contribution in [0.2, 0.25) is 0 Å². The second kappa shape index (κ2) is 22.2. The molecule has 4 N–H and O–H groups in total. The highest BCUT2D eigenvalue weighted by atomic mass is 32.1. The van der Waals surface area contributed by atoms with E-state index in [0.717, 1.165) is 73.0 Å². The van der Waals surface area contributed by atoms with Gasteiger partial charge in [0.25, 0.3) is 0 Å². The minimum absolute atomic E-state index is 0.00779. The molecule has 2 saturated heterocycles. The summed E-state index contributed by atoms with van der Waals surface area (Å²) >= 11 is 1.58. The number of likely N-dealkylation sites (tertiary alicyclic amines) is 1. The molecule has 1 aromatic heterocycles. The Morgan fingerprint density at radius 2 is 1.59 bits per heavy atom. The molecule has 8 rings (SSSR count). The van der Waals surface area contributed by atoms with Gasteiger partial charge < -0.3 is 35.2 Å². The maximum atomic E-state index is 14.1. The van der Waals surface area contributed by atoms with Crippen LogP contribution in [0.25, 0.3) is 10.4 Å². The molecule has 4 aromatic carbocycles. The van der Waals surface area contributed by atoms with Gasteiger partial charge in [0.15, 0.2) is 0 Å². The van der Waals surface area contributed by atoms with E-state index in [9.17, 15) is 24.6 Å². The van der Waals surface area contributed by atoms with Crippen LogP contribution >= 0.6 is 11.3 Å². The number of nitrogens with one attached hydrogen (secondary N) is 2. The van der Waals surface area contributed by atoms with Gasteiger partial charge in [0.05, 0.1) is 28.8 Å². The lowest BCUT2D eigenvalue weighted by Gasteiger charge is -2.35. The van der Waals surface area contributed by atoms with Crippen molar-refractivity contribution in [2.24, 2.45) is 5.41 Å². The van der Waals surface area contributed by atoms with E-state index in [1.165, 1.54) is 27.2 Å². The third kappa shape index (κ3) is 12.1. The summed E-state index contributed by atoms with van der Waals surface area (Å²) in [7, 11) is 0. The van der Waals surface area contributed by atoms with Gasteiger partial charge in [-0.05, 0) is 88.7 Å². The third-order valence-corrected chi connectivity index (χ3v) is 14.7. The number of hydrogen-bond acceptors (Lipinski definition) is 11. The summed E-state index contributed by atoms with van der Waals surface area (Å²) in [5, 5.41) is 26.6. The third-order valence-electron chi connectivity index (χ3n) is 13.7. The molecule has 0 spiro atoms. The second-order valence-corrected chi connectivity index (χ2v) is 20.4. The van der Waals surface area contributed by atoms with Gasteiger partial charge in [0, 0.05) is 64.7 Å². The molecule has 2 fully saturated rings. The monoisotopic (exact) mass is 942 g/mol. The van der Waals surface area contributed by atoms with Gasteiger partial charge in [-0.3, -0.25) is 24.2 Å². The zero-order chi connectivity index (χ0) is 47.8. The average molecular weight is 943 g/mol. The lowest BCUT2D eigenvalue weighted by Crippen LogP contribution is -2.58. The summed E-state index contributed by atoms with van der Waals surface area (Å²) < 4.78 is 12.0. The predicted octanol–water partition coefficient (Wildman–Crippen LogP) is 6.51. The molecule has 13 nitrogen and oxygen atoms in total. The van der Waals surface area contributed by atoms with Gasteiger partial charge in [0.2, 0.25) is 17.7 Å². The van der Waals surface area contributed by atoms with Crippen LogP contribution in [0.5, 0.6) is 11.5 Å². The Bertz CT molecular complexity index is 2470. The zero-order valence-electron chi connectivity index (χ0n) is 39.7. The Morgan fingerprint density at radius 1 is 0.882 bits per heavy atom. The number of thiazole rings is 1. The Kier molecular flexibility index (Phi) is 15.9. The minimum atomic E-state index is -0.928. The quantitative estimate of drug-likeness (QED) is 0.0759. The molecular weight excluding hydrogens is 877 g/mol. The number of aromatic hydroxyl groups is 1. The summed E-state index contributed by atoms with van der Waals surface area (Å²) in [5.74, 6) is 0.546. The van der Waals surface area contributed by atoms with E-state index < -0.39 is 35.4 Å². The number of hydrogen-bond donors (Lipinski definition) is 4. The van der Waals surface area contributed by atoms with E-state index in [-0.39, 0.29) is 37.9 Å². The van der Waals surface area contributed by atoms with Crippen molar-refractivity contribution >= 4 is 29.1 Å². The number of piperazine rings is 1. The standard InChI is InChI=1S/C54H66N6O7S/c1-36-50(68-35-56-36)40-12-10-37(11-13-40)32-55-52(64)47-31-43(62)33-60(47)53(65)51(54(2,3)4)57-48(63)34-66-28-26-58-22-24-59(25-23-58)27-29-67-44-18-14-39(15-19-44)49-45(38-8-6-5-7-9-38)20-16-41-30-42(61)17-21-46(41)49/h5-15,17-19,21,30,35,43,45,47,49,51,61-62H,16,20,22-29,31-34H2,1-4H3,(H,55,64)(H,57,63)/t43-,45-,47+,49+,51-/m1/s1. The van der Waals surface area contributed by atoms with Gasteiger partial charge >= 0.3 is 0 Å². The summed E-state index contributed by atoms with van der Waals surface area (Å²) in [5.41, 5.74) is 9.17. The van der Waals surface area contributed by atoms with Gasteiger partial charge in [-0.1, -0.05) is 93.6 Å². The van der Waals surface area contributed by atoms with Crippen LogP contribution in [0.4, 0.5) is 0 Å². The first kappa shape index (κ1) is 48.8. The molecule has 0 radical (unpaired) electrons. The number of aliphatic hydroxyl groups is 1. The molecule has 14 heteroatoms. The number of ether oxygens (including phenoxy) is 2. The minimum Gasteiger partial charge on any atom is -0.508 e. The number of amides is 3. The molecule has 5 atom stereocenters. The molecule has 68 heavy (non-hydrogen) atoms. The van der Waals surface area contributed by atoms with Crippen LogP contribution in [0.3, 0.4) is 0 Å². The molecule has 5 aromatic rings. The Morgan fingerprint density at radius 3 is 2.26 bits per heavy atom. The van der Waals surface area contributed by atoms with Crippen LogP contribution in [0, 0.1) is 12.3 Å². The predicted molar refractivity (Wildman–Crippen MR) is 265 cm³/mol. The lowest BCUT2D eigenvalue weighted by molar-refractivity contribution is -0.144. The molecule has 0 bridgehead atoms. The highest BCUT2D eigenvalue weighted by Gasteiger charge is 2.44. The van der Waals surface area contributed by atoms with Gasteiger partial charge in [-0.25, -0.2) is 4.98 Å². The van der Waals surface area contributed by atoms with Crippen LogP contribution in [-0.2, 0) is 32.1 Å². The van der Waals surface area contributed by atoms with Crippen molar-refractivity contribution in [3.8, 4) is 21.9 Å². The van der Waals surface area contributed by atoms with Crippen molar-refractivity contribution < 1.29 is 34.1 Å². The van der Waals surface area contributed by atoms with Crippen LogP contribution in [0.15, 0.2) is 103 Å². The maximum absolute atomic E-state index is 14.1. The largest absolute Gasteiger partial charge is 0.508 e. The smallest absolute Gasteiger partial charge is 0.246 e. The average Bonchev–Trinajstić information content (AvgIpc) is 3.96. The van der Waals surface area contributed by atoms with Crippen molar-refractivity contribution in [3.05, 3.63) is 136 Å². The number of aryl methyl sites for hydroxylation is 2. The first-order valence-electron chi connectivity index (χ1n) is 24.0. The molecule has 3 amide bonds. The number of carbonyl (C=O) groups is 3. The molecule has 2 aliphatic heterocycles. The molecular formula is C54H66N6O7S. The van der Waals surface area contributed by atoms with E-state index >= 15 is 0 Å². The number of β-amino-alcohol motifs (C(OH)–C–C–N with tert-alkyl or cyclic N) is 1. The highest BCUT2D eigenvalue weighted by Crippen LogP contribution is 2.47. The molecule has 0 unspecified atom stereocenters. The van der Waals surface area contributed by atoms with Crippen molar-refractivity contribution in [1.29, 1.82) is 0 Å². The number of phenols is 1. The fourth-order valence-electron chi connectivity index (χ4n) is 9.92. The van der Waals surface area contributed by atoms with E-state index in [1.807, 2.05) is 63.5 Å². The van der Waals surface area contributed by atoms with Gasteiger partial charge in [0.1, 0.15) is 36.8 Å². The van der Waals surface area contributed by atoms with E-state index in [1.54, 1.807) is 17.4 Å². The summed E-state index contributed by atoms with van der Waals surface area (Å²) in [6, 6.07) is 31.2. The summed E-state index contributed by atoms with van der Waals surface area (Å²) in [6.07, 6.45) is 1.23. The molecule has 360 valence electrons. The molecule has 1 aliphatic carbocycles. The fraction of sp³-hybridized carbons (Fsp3) is 0.444. The topological polar surface area (TPSA) is 157 Å². The normalized spacial score (nSPS) is 20.4. The number of aliphatic hydroxyl groups excluding tert-OH is 1. The van der Waals surface area contributed by atoms with Crippen molar-refractivity contribution in [2.45, 2.75) is 83.5 Å². The SMILES string of the molecule is Cc1ncsc1-c1ccc(CNC(=O)[C@@H]2C[C@@H](O)CN2C(=O)[C@@H](NC(=O)COCCN2CCN(CCOc3ccc([C@@H]4c5ccc(O)cc5CC[C@@H]4c4ccccc4)cc3)CC2)C(C)(C)C)cc1. The van der Waals surface area contributed by atoms with Crippen LogP contribution < -0.4 is 15.4 Å². The fourth-order valence-corrected chi connectivity index (χ4v) is 10.7.